The standard InChI is InChI=1S/C9H12BrNO2/c10-8-5-7(11)9(13-8)6-1-3-12-4-2-6/h5-6H,1-4,11H2. The van der Waals surface area contributed by atoms with E-state index in [9.17, 15) is 0 Å². The fourth-order valence-corrected chi connectivity index (χ4v) is 2.09. The smallest absolute Gasteiger partial charge is 0.171 e. The minimum Gasteiger partial charge on any atom is -0.452 e. The number of ether oxygens (including phenoxy) is 1. The lowest BCUT2D eigenvalue weighted by Gasteiger charge is -2.20. The molecule has 3 nitrogen and oxygen atoms in total. The molecule has 1 aliphatic rings. The van der Waals surface area contributed by atoms with Gasteiger partial charge in [0.25, 0.3) is 0 Å². The van der Waals surface area contributed by atoms with Crippen molar-refractivity contribution in [2.75, 3.05) is 18.9 Å². The van der Waals surface area contributed by atoms with E-state index in [1.165, 1.54) is 0 Å². The van der Waals surface area contributed by atoms with Crippen LogP contribution < -0.4 is 5.73 Å². The van der Waals surface area contributed by atoms with Gasteiger partial charge in [-0.25, -0.2) is 0 Å². The summed E-state index contributed by atoms with van der Waals surface area (Å²) in [6.45, 7) is 1.62. The number of nitrogens with two attached hydrogens (primary N) is 1. The van der Waals surface area contributed by atoms with Gasteiger partial charge in [0.15, 0.2) is 4.67 Å². The Hall–Kier alpha value is -0.480. The number of anilines is 1. The number of rotatable bonds is 1. The SMILES string of the molecule is Nc1cc(Br)oc1C1CCOCC1. The summed E-state index contributed by atoms with van der Waals surface area (Å²) < 4.78 is 11.5. The zero-order valence-corrected chi connectivity index (χ0v) is 8.84. The Kier molecular flexibility index (Phi) is 2.60. The second-order valence-electron chi connectivity index (χ2n) is 3.26. The van der Waals surface area contributed by atoms with Crippen LogP contribution in [0.1, 0.15) is 24.5 Å². The van der Waals surface area contributed by atoms with Gasteiger partial charge in [0.1, 0.15) is 5.76 Å². The molecule has 13 heavy (non-hydrogen) atoms. The summed E-state index contributed by atoms with van der Waals surface area (Å²) in [7, 11) is 0. The van der Waals surface area contributed by atoms with Crippen LogP contribution in [-0.2, 0) is 4.74 Å². The van der Waals surface area contributed by atoms with Crippen molar-refractivity contribution in [3.05, 3.63) is 16.5 Å². The molecule has 0 unspecified atom stereocenters. The number of nitrogen functional groups attached to an aromatic ring is 1. The first-order chi connectivity index (χ1) is 6.27. The predicted octanol–water partition coefficient (Wildman–Crippen LogP) is 2.52. The molecule has 2 heterocycles. The molecule has 1 aliphatic heterocycles. The molecule has 0 aliphatic carbocycles. The summed E-state index contributed by atoms with van der Waals surface area (Å²) in [5.74, 6) is 1.34. The quantitative estimate of drug-likeness (QED) is 0.828. The maximum absolute atomic E-state index is 5.81. The minimum absolute atomic E-state index is 0.431. The van der Waals surface area contributed by atoms with Crippen molar-refractivity contribution in [1.82, 2.24) is 0 Å². The van der Waals surface area contributed by atoms with Gasteiger partial charge in [0.05, 0.1) is 5.69 Å². The Morgan fingerprint density at radius 3 is 2.62 bits per heavy atom. The zero-order valence-electron chi connectivity index (χ0n) is 7.25. The van der Waals surface area contributed by atoms with Gasteiger partial charge in [0, 0.05) is 25.2 Å². The minimum atomic E-state index is 0.431. The molecule has 1 fully saturated rings. The van der Waals surface area contributed by atoms with Crippen molar-refractivity contribution in [3.8, 4) is 0 Å². The number of furan rings is 1. The first-order valence-electron chi connectivity index (χ1n) is 4.40. The van der Waals surface area contributed by atoms with Crippen molar-refractivity contribution < 1.29 is 9.15 Å². The average molecular weight is 246 g/mol. The average Bonchev–Trinajstić information content (AvgIpc) is 2.47. The summed E-state index contributed by atoms with van der Waals surface area (Å²) in [6, 6.07) is 1.81. The van der Waals surface area contributed by atoms with E-state index >= 15 is 0 Å². The van der Waals surface area contributed by atoms with Gasteiger partial charge in [-0.3, -0.25) is 0 Å². The van der Waals surface area contributed by atoms with Crippen molar-refractivity contribution >= 4 is 21.6 Å². The highest BCUT2D eigenvalue weighted by Crippen LogP contribution is 2.34. The molecule has 1 saturated heterocycles. The van der Waals surface area contributed by atoms with Gasteiger partial charge in [-0.15, -0.1) is 0 Å². The van der Waals surface area contributed by atoms with E-state index in [1.807, 2.05) is 6.07 Å². The van der Waals surface area contributed by atoms with Crippen LogP contribution in [-0.4, -0.2) is 13.2 Å². The largest absolute Gasteiger partial charge is 0.452 e. The molecule has 0 radical (unpaired) electrons. The van der Waals surface area contributed by atoms with Gasteiger partial charge in [0.2, 0.25) is 0 Å². The number of hydrogen-bond donors (Lipinski definition) is 1. The van der Waals surface area contributed by atoms with E-state index in [0.29, 0.717) is 10.6 Å². The maximum Gasteiger partial charge on any atom is 0.171 e. The summed E-state index contributed by atoms with van der Waals surface area (Å²) in [6.07, 6.45) is 2.01. The molecule has 0 aromatic carbocycles. The van der Waals surface area contributed by atoms with E-state index < -0.39 is 0 Å². The normalized spacial score (nSPS) is 19.2. The lowest BCUT2D eigenvalue weighted by atomic mass is 9.97. The lowest BCUT2D eigenvalue weighted by Crippen LogP contribution is -2.14. The van der Waals surface area contributed by atoms with Crippen LogP contribution in [0.5, 0.6) is 0 Å². The third-order valence-corrected chi connectivity index (χ3v) is 2.74. The fourth-order valence-electron chi connectivity index (χ4n) is 1.67. The first-order valence-corrected chi connectivity index (χ1v) is 5.19. The van der Waals surface area contributed by atoms with Gasteiger partial charge in [-0.05, 0) is 28.8 Å². The van der Waals surface area contributed by atoms with Gasteiger partial charge in [-0.1, -0.05) is 0 Å². The Labute approximate surface area is 85.4 Å². The molecule has 72 valence electrons. The number of hydrogen-bond acceptors (Lipinski definition) is 3. The molecule has 0 bridgehead atoms. The Bertz CT molecular complexity index is 292. The van der Waals surface area contributed by atoms with Gasteiger partial charge >= 0.3 is 0 Å². The summed E-state index contributed by atoms with van der Waals surface area (Å²) in [5, 5.41) is 0. The Morgan fingerprint density at radius 2 is 2.08 bits per heavy atom. The van der Waals surface area contributed by atoms with Crippen LogP contribution in [0, 0.1) is 0 Å². The van der Waals surface area contributed by atoms with Gasteiger partial charge in [-0.2, -0.15) is 0 Å². The second kappa shape index (κ2) is 3.72. The van der Waals surface area contributed by atoms with Crippen molar-refractivity contribution in [2.45, 2.75) is 18.8 Å². The molecule has 4 heteroatoms. The van der Waals surface area contributed by atoms with Crippen LogP contribution >= 0.6 is 15.9 Å². The molecule has 0 spiro atoms. The fraction of sp³-hybridized carbons (Fsp3) is 0.556. The summed E-state index contributed by atoms with van der Waals surface area (Å²) >= 11 is 3.27. The molecule has 0 amide bonds. The highest BCUT2D eigenvalue weighted by atomic mass is 79.9. The Balaban J connectivity index is 2.18. The van der Waals surface area contributed by atoms with Crippen molar-refractivity contribution in [1.29, 1.82) is 0 Å². The monoisotopic (exact) mass is 245 g/mol. The number of halogens is 1. The molecule has 0 atom stereocenters. The molecule has 2 N–H and O–H groups in total. The van der Waals surface area contributed by atoms with Crippen molar-refractivity contribution in [3.63, 3.8) is 0 Å². The van der Waals surface area contributed by atoms with Crippen LogP contribution in [0.15, 0.2) is 15.2 Å². The van der Waals surface area contributed by atoms with Gasteiger partial charge < -0.3 is 14.9 Å². The van der Waals surface area contributed by atoms with Crippen LogP contribution in [0.2, 0.25) is 0 Å². The Morgan fingerprint density at radius 1 is 1.38 bits per heavy atom. The van der Waals surface area contributed by atoms with E-state index in [2.05, 4.69) is 15.9 Å². The molecule has 0 saturated carbocycles. The van der Waals surface area contributed by atoms with Crippen molar-refractivity contribution in [2.24, 2.45) is 0 Å². The highest BCUT2D eigenvalue weighted by Gasteiger charge is 2.21. The van der Waals surface area contributed by atoms with E-state index in [0.717, 1.165) is 37.5 Å². The lowest BCUT2D eigenvalue weighted by molar-refractivity contribution is 0.0806. The van der Waals surface area contributed by atoms with E-state index in [-0.39, 0.29) is 0 Å². The molecular formula is C9H12BrNO2. The topological polar surface area (TPSA) is 48.4 Å². The van der Waals surface area contributed by atoms with Crippen LogP contribution in [0.3, 0.4) is 0 Å². The molecule has 1 aromatic rings. The summed E-state index contributed by atoms with van der Waals surface area (Å²) in [5.41, 5.74) is 6.56. The molecule has 1 aromatic heterocycles. The third kappa shape index (κ3) is 1.89. The highest BCUT2D eigenvalue weighted by molar-refractivity contribution is 9.10. The third-order valence-electron chi connectivity index (χ3n) is 2.35. The van der Waals surface area contributed by atoms with Crippen LogP contribution in [0.25, 0.3) is 0 Å². The van der Waals surface area contributed by atoms with E-state index in [1.54, 1.807) is 0 Å². The molecule has 2 rings (SSSR count). The molecular weight excluding hydrogens is 234 g/mol. The van der Waals surface area contributed by atoms with E-state index in [4.69, 9.17) is 14.9 Å². The summed E-state index contributed by atoms with van der Waals surface area (Å²) in [4.78, 5) is 0. The predicted molar refractivity (Wildman–Crippen MR) is 53.6 cm³/mol. The zero-order chi connectivity index (χ0) is 9.26. The second-order valence-corrected chi connectivity index (χ2v) is 4.04. The van der Waals surface area contributed by atoms with Crippen LogP contribution in [0.4, 0.5) is 5.69 Å². The maximum atomic E-state index is 5.81. The first kappa shape index (κ1) is 9.09.